The summed E-state index contributed by atoms with van der Waals surface area (Å²) >= 11 is 6.32. The summed E-state index contributed by atoms with van der Waals surface area (Å²) in [5.74, 6) is 0. The summed E-state index contributed by atoms with van der Waals surface area (Å²) in [7, 11) is 0. The molecule has 0 bridgehead atoms. The van der Waals surface area contributed by atoms with E-state index in [1.807, 2.05) is 44.2 Å². The Labute approximate surface area is 147 Å². The number of halogens is 1. The van der Waals surface area contributed by atoms with Gasteiger partial charge in [0.15, 0.2) is 0 Å². The molecule has 2 aromatic rings. The number of carbonyl (C=O) groups excluding carboxylic acids is 1. The van der Waals surface area contributed by atoms with Crippen LogP contribution in [0, 0.1) is 6.92 Å². The maximum atomic E-state index is 12.7. The number of hydrogen-bond acceptors (Lipinski definition) is 2. The van der Waals surface area contributed by atoms with Gasteiger partial charge in [0.2, 0.25) is 0 Å². The first-order valence-electron chi connectivity index (χ1n) is 8.33. The third-order valence-corrected chi connectivity index (χ3v) is 5.09. The summed E-state index contributed by atoms with van der Waals surface area (Å²) in [5.41, 5.74) is 1.06. The number of amides is 2. The molecule has 4 nitrogen and oxygen atoms in total. The minimum absolute atomic E-state index is 0.122. The molecule has 1 fully saturated rings. The zero-order valence-electron chi connectivity index (χ0n) is 14.1. The van der Waals surface area contributed by atoms with Gasteiger partial charge in [-0.2, -0.15) is 0 Å². The molecule has 1 saturated heterocycles. The number of benzene rings is 2. The van der Waals surface area contributed by atoms with Gasteiger partial charge in [0.25, 0.3) is 0 Å². The van der Waals surface area contributed by atoms with Crippen molar-refractivity contribution in [2.75, 3.05) is 18.4 Å². The first-order chi connectivity index (χ1) is 11.4. The van der Waals surface area contributed by atoms with Crippen LogP contribution in [-0.2, 0) is 0 Å². The highest BCUT2D eigenvalue weighted by molar-refractivity contribution is 6.36. The van der Waals surface area contributed by atoms with Crippen LogP contribution in [0.1, 0.15) is 31.7 Å². The van der Waals surface area contributed by atoms with Crippen LogP contribution in [-0.4, -0.2) is 34.7 Å². The van der Waals surface area contributed by atoms with Crippen LogP contribution in [0.4, 0.5) is 10.5 Å². The lowest BCUT2D eigenvalue weighted by Gasteiger charge is -2.24. The van der Waals surface area contributed by atoms with E-state index in [0.717, 1.165) is 34.9 Å². The number of carbonyl (C=O) groups is 1. The molecule has 1 aliphatic rings. The standard InChI is InChI=1S/C19H23ClN2O2/c1-13-12-16(20)14-6-3-4-7-15(14)17(13)21-18(23)22-10-5-8-19(2,24)9-11-22/h3-4,6-7,12,24H,5,8-11H2,1-2H3,(H,21,23)/t19-/m0/s1. The monoisotopic (exact) mass is 346 g/mol. The van der Waals surface area contributed by atoms with Crippen molar-refractivity contribution >= 4 is 34.1 Å². The number of aliphatic hydroxyl groups is 1. The number of urea groups is 1. The van der Waals surface area contributed by atoms with Gasteiger partial charge in [-0.3, -0.25) is 0 Å². The summed E-state index contributed by atoms with van der Waals surface area (Å²) in [6, 6.07) is 9.56. The zero-order chi connectivity index (χ0) is 17.3. The number of rotatable bonds is 1. The predicted molar refractivity (Wildman–Crippen MR) is 98.8 cm³/mol. The smallest absolute Gasteiger partial charge is 0.321 e. The van der Waals surface area contributed by atoms with E-state index in [2.05, 4.69) is 5.32 Å². The molecule has 0 unspecified atom stereocenters. The topological polar surface area (TPSA) is 52.6 Å². The number of aryl methyl sites for hydroxylation is 1. The number of fused-ring (bicyclic) bond motifs is 1. The molecule has 128 valence electrons. The first-order valence-corrected chi connectivity index (χ1v) is 8.71. The third-order valence-electron chi connectivity index (χ3n) is 4.77. The molecule has 5 heteroatoms. The average molecular weight is 347 g/mol. The summed E-state index contributed by atoms with van der Waals surface area (Å²) < 4.78 is 0. The average Bonchev–Trinajstić information content (AvgIpc) is 2.72. The van der Waals surface area contributed by atoms with E-state index >= 15 is 0 Å². The van der Waals surface area contributed by atoms with E-state index < -0.39 is 5.60 Å². The molecule has 24 heavy (non-hydrogen) atoms. The fraction of sp³-hybridized carbons (Fsp3) is 0.421. The Kier molecular flexibility index (Phi) is 4.70. The lowest BCUT2D eigenvalue weighted by atomic mass is 9.98. The van der Waals surface area contributed by atoms with Crippen LogP contribution >= 0.6 is 11.6 Å². The third kappa shape index (κ3) is 3.50. The maximum Gasteiger partial charge on any atom is 0.321 e. The van der Waals surface area contributed by atoms with Crippen molar-refractivity contribution in [1.29, 1.82) is 0 Å². The van der Waals surface area contributed by atoms with Crippen LogP contribution in [0.25, 0.3) is 10.8 Å². The van der Waals surface area contributed by atoms with Crippen molar-refractivity contribution in [2.45, 2.75) is 38.7 Å². The summed E-state index contributed by atoms with van der Waals surface area (Å²) in [6.07, 6.45) is 2.13. The van der Waals surface area contributed by atoms with Crippen LogP contribution in [0.5, 0.6) is 0 Å². The molecule has 2 aromatic carbocycles. The highest BCUT2D eigenvalue weighted by Gasteiger charge is 2.27. The van der Waals surface area contributed by atoms with Gasteiger partial charge >= 0.3 is 6.03 Å². The first kappa shape index (κ1) is 17.1. The van der Waals surface area contributed by atoms with Gasteiger partial charge in [-0.25, -0.2) is 4.79 Å². The van der Waals surface area contributed by atoms with Gasteiger partial charge in [0.05, 0.1) is 11.3 Å². The van der Waals surface area contributed by atoms with Gasteiger partial charge in [0.1, 0.15) is 0 Å². The number of hydrogen-bond donors (Lipinski definition) is 2. The Morgan fingerprint density at radius 2 is 1.96 bits per heavy atom. The fourth-order valence-corrected chi connectivity index (χ4v) is 3.61. The highest BCUT2D eigenvalue weighted by Crippen LogP contribution is 2.33. The van der Waals surface area contributed by atoms with Gasteiger partial charge in [-0.05, 0) is 44.7 Å². The van der Waals surface area contributed by atoms with E-state index in [9.17, 15) is 9.90 Å². The van der Waals surface area contributed by atoms with Crippen molar-refractivity contribution in [3.63, 3.8) is 0 Å². The molecule has 0 aromatic heterocycles. The molecule has 0 radical (unpaired) electrons. The second kappa shape index (κ2) is 6.61. The minimum atomic E-state index is -0.683. The van der Waals surface area contributed by atoms with Crippen molar-refractivity contribution in [1.82, 2.24) is 4.90 Å². The summed E-state index contributed by atoms with van der Waals surface area (Å²) in [5, 5.41) is 15.8. The van der Waals surface area contributed by atoms with Crippen molar-refractivity contribution in [3.8, 4) is 0 Å². The Balaban J connectivity index is 1.86. The SMILES string of the molecule is Cc1cc(Cl)c2ccccc2c1NC(=O)N1CCC[C@](C)(O)CC1. The molecular weight excluding hydrogens is 324 g/mol. The van der Waals surface area contributed by atoms with Crippen LogP contribution in [0.15, 0.2) is 30.3 Å². The predicted octanol–water partition coefficient (Wildman–Crippen LogP) is 4.57. The van der Waals surface area contributed by atoms with E-state index in [0.29, 0.717) is 24.5 Å². The van der Waals surface area contributed by atoms with Crippen molar-refractivity contribution in [2.24, 2.45) is 0 Å². The van der Waals surface area contributed by atoms with E-state index in [4.69, 9.17) is 11.6 Å². The molecule has 0 aliphatic carbocycles. The molecule has 2 amide bonds. The zero-order valence-corrected chi connectivity index (χ0v) is 14.9. The Morgan fingerprint density at radius 3 is 2.71 bits per heavy atom. The normalized spacial score (nSPS) is 21.6. The van der Waals surface area contributed by atoms with Crippen LogP contribution in [0.3, 0.4) is 0 Å². The highest BCUT2D eigenvalue weighted by atomic mass is 35.5. The lowest BCUT2D eigenvalue weighted by Crippen LogP contribution is -2.36. The quantitative estimate of drug-likeness (QED) is 0.794. The lowest BCUT2D eigenvalue weighted by molar-refractivity contribution is 0.0458. The summed E-state index contributed by atoms with van der Waals surface area (Å²) in [6.45, 7) is 5.00. The van der Waals surface area contributed by atoms with E-state index in [1.54, 1.807) is 4.90 Å². The Bertz CT molecular complexity index is 773. The second-order valence-corrected chi connectivity index (χ2v) is 7.27. The molecule has 0 saturated carbocycles. The molecule has 1 heterocycles. The molecule has 1 atom stereocenters. The van der Waals surface area contributed by atoms with Crippen molar-refractivity contribution in [3.05, 3.63) is 40.9 Å². The molecule has 0 spiro atoms. The van der Waals surface area contributed by atoms with Gasteiger partial charge < -0.3 is 15.3 Å². The number of nitrogens with zero attached hydrogens (tertiary/aromatic N) is 1. The molecule has 3 rings (SSSR count). The Hall–Kier alpha value is -1.78. The van der Waals surface area contributed by atoms with Gasteiger partial charge in [-0.1, -0.05) is 35.9 Å². The van der Waals surface area contributed by atoms with E-state index in [1.165, 1.54) is 0 Å². The van der Waals surface area contributed by atoms with Crippen LogP contribution < -0.4 is 5.32 Å². The fourth-order valence-electron chi connectivity index (χ4n) is 3.28. The van der Waals surface area contributed by atoms with E-state index in [-0.39, 0.29) is 6.03 Å². The number of likely N-dealkylation sites (tertiary alicyclic amines) is 1. The minimum Gasteiger partial charge on any atom is -0.390 e. The van der Waals surface area contributed by atoms with Crippen molar-refractivity contribution < 1.29 is 9.90 Å². The molecule has 2 N–H and O–H groups in total. The maximum absolute atomic E-state index is 12.7. The van der Waals surface area contributed by atoms with Gasteiger partial charge in [0, 0.05) is 28.9 Å². The summed E-state index contributed by atoms with van der Waals surface area (Å²) in [4.78, 5) is 14.5. The second-order valence-electron chi connectivity index (χ2n) is 6.86. The molecular formula is C19H23ClN2O2. The molecule has 1 aliphatic heterocycles. The Morgan fingerprint density at radius 1 is 1.25 bits per heavy atom. The van der Waals surface area contributed by atoms with Crippen LogP contribution in [0.2, 0.25) is 5.02 Å². The number of anilines is 1. The van der Waals surface area contributed by atoms with Gasteiger partial charge in [-0.15, -0.1) is 0 Å². The number of nitrogens with one attached hydrogen (secondary N) is 1. The largest absolute Gasteiger partial charge is 0.390 e.